The first-order chi connectivity index (χ1) is 12.8. The van der Waals surface area contributed by atoms with Gasteiger partial charge in [-0.25, -0.2) is 4.98 Å². The van der Waals surface area contributed by atoms with Gasteiger partial charge in [-0.1, -0.05) is 0 Å². The molecule has 148 valence electrons. The van der Waals surface area contributed by atoms with Crippen LogP contribution in [0.5, 0.6) is 0 Å². The maximum absolute atomic E-state index is 11.6. The predicted octanol–water partition coefficient (Wildman–Crippen LogP) is 0.227. The number of carbonyl (C=O) groups is 3. The highest BCUT2D eigenvalue weighted by atomic mass is 32.1. The van der Waals surface area contributed by atoms with E-state index in [-0.39, 0.29) is 18.4 Å². The molecular formula is C16H20N2O8S. The van der Waals surface area contributed by atoms with Crippen molar-refractivity contribution in [3.8, 4) is 0 Å². The van der Waals surface area contributed by atoms with E-state index in [2.05, 4.69) is 4.98 Å². The van der Waals surface area contributed by atoms with Crippen molar-refractivity contribution in [2.45, 2.75) is 45.2 Å². The topological polar surface area (TPSA) is 115 Å². The van der Waals surface area contributed by atoms with Crippen LogP contribution in [-0.4, -0.2) is 70.3 Å². The Morgan fingerprint density at radius 3 is 2.37 bits per heavy atom. The van der Waals surface area contributed by atoms with E-state index < -0.39 is 42.3 Å². The summed E-state index contributed by atoms with van der Waals surface area (Å²) in [5, 5.41) is 0.0138. The number of hydrogen-bond donors (Lipinski definition) is 0. The predicted molar refractivity (Wildman–Crippen MR) is 92.6 cm³/mol. The second-order valence-corrected chi connectivity index (χ2v) is 6.06. The number of rotatable bonds is 5. The number of thiocarbonyl (C=S) groups is 1. The first-order valence-electron chi connectivity index (χ1n) is 8.06. The molecule has 1 aromatic rings. The lowest BCUT2D eigenvalue weighted by Gasteiger charge is -2.40. The number of nitrogens with zero attached hydrogens (tertiary/aromatic N) is 2. The molecule has 1 aliphatic heterocycles. The highest BCUT2D eigenvalue weighted by Crippen LogP contribution is 2.25. The Kier molecular flexibility index (Phi) is 7.25. The van der Waals surface area contributed by atoms with Crippen LogP contribution < -0.4 is 0 Å². The Hall–Kier alpha value is -2.53. The molecule has 0 bridgehead atoms. The third kappa shape index (κ3) is 6.00. The van der Waals surface area contributed by atoms with Gasteiger partial charge < -0.3 is 23.7 Å². The molecule has 2 rings (SSSR count). The molecule has 2 heterocycles. The van der Waals surface area contributed by atoms with Crippen molar-refractivity contribution in [1.29, 1.82) is 0 Å². The number of esters is 3. The molecule has 10 nitrogen and oxygen atoms in total. The van der Waals surface area contributed by atoms with E-state index >= 15 is 0 Å². The first-order valence-corrected chi connectivity index (χ1v) is 8.47. The summed E-state index contributed by atoms with van der Waals surface area (Å²) >= 11 is 5.23. The molecule has 0 radical (unpaired) electrons. The van der Waals surface area contributed by atoms with Crippen molar-refractivity contribution >= 4 is 35.3 Å². The molecule has 1 saturated heterocycles. The fourth-order valence-corrected chi connectivity index (χ4v) is 2.73. The number of aromatic nitrogens is 2. The lowest BCUT2D eigenvalue weighted by Crippen LogP contribution is -2.58. The Labute approximate surface area is 160 Å². The van der Waals surface area contributed by atoms with Crippen LogP contribution in [-0.2, 0) is 38.1 Å². The van der Waals surface area contributed by atoms with E-state index in [0.717, 1.165) is 0 Å². The molecule has 1 aromatic heterocycles. The Balaban J connectivity index is 2.25. The van der Waals surface area contributed by atoms with Crippen LogP contribution >= 0.6 is 12.2 Å². The van der Waals surface area contributed by atoms with Crippen molar-refractivity contribution in [1.82, 2.24) is 9.55 Å². The third-order valence-electron chi connectivity index (χ3n) is 3.55. The normalized spacial score (nSPS) is 24.6. The van der Waals surface area contributed by atoms with E-state index in [1.54, 1.807) is 6.20 Å². The summed E-state index contributed by atoms with van der Waals surface area (Å²) in [6, 6.07) is 0. The maximum Gasteiger partial charge on any atom is 0.303 e. The minimum atomic E-state index is -1.03. The smallest absolute Gasteiger partial charge is 0.303 e. The zero-order valence-corrected chi connectivity index (χ0v) is 15.8. The molecule has 1 fully saturated rings. The van der Waals surface area contributed by atoms with Crippen molar-refractivity contribution in [3.63, 3.8) is 0 Å². The van der Waals surface area contributed by atoms with E-state index in [9.17, 15) is 14.4 Å². The highest BCUT2D eigenvalue weighted by Gasteiger charge is 2.47. The van der Waals surface area contributed by atoms with Gasteiger partial charge in [-0.15, -0.1) is 0 Å². The zero-order chi connectivity index (χ0) is 20.0. The summed E-state index contributed by atoms with van der Waals surface area (Å²) in [5.74, 6) is -1.69. The van der Waals surface area contributed by atoms with Crippen LogP contribution in [0.4, 0.5) is 0 Å². The van der Waals surface area contributed by atoms with Crippen molar-refractivity contribution in [2.24, 2.45) is 0 Å². The van der Waals surface area contributed by atoms with Crippen molar-refractivity contribution < 1.29 is 38.1 Å². The van der Waals surface area contributed by atoms with Gasteiger partial charge in [0.2, 0.25) is 0 Å². The summed E-state index contributed by atoms with van der Waals surface area (Å²) in [7, 11) is 0. The summed E-state index contributed by atoms with van der Waals surface area (Å²) in [4.78, 5) is 38.0. The second-order valence-electron chi connectivity index (χ2n) is 5.71. The van der Waals surface area contributed by atoms with Crippen LogP contribution in [0.3, 0.4) is 0 Å². The number of carbonyl (C=O) groups excluding carboxylic acids is 3. The fraction of sp³-hybridized carbons (Fsp3) is 0.562. The molecule has 0 N–H and O–H groups in total. The summed E-state index contributed by atoms with van der Waals surface area (Å²) in [6.07, 6.45) is 0.806. The van der Waals surface area contributed by atoms with Crippen LogP contribution in [0, 0.1) is 0 Å². The van der Waals surface area contributed by atoms with Crippen molar-refractivity contribution in [2.75, 3.05) is 13.2 Å². The third-order valence-corrected chi connectivity index (χ3v) is 3.86. The minimum absolute atomic E-state index is 0.0138. The molecule has 4 atom stereocenters. The van der Waals surface area contributed by atoms with E-state index in [1.807, 2.05) is 0 Å². The zero-order valence-electron chi connectivity index (χ0n) is 15.0. The van der Waals surface area contributed by atoms with Crippen LogP contribution in [0.2, 0.25) is 0 Å². The molecule has 0 aliphatic carbocycles. The summed E-state index contributed by atoms with van der Waals surface area (Å²) in [5.41, 5.74) is 0. The van der Waals surface area contributed by atoms with Gasteiger partial charge in [0.25, 0.3) is 5.17 Å². The molecule has 11 heteroatoms. The summed E-state index contributed by atoms with van der Waals surface area (Å²) in [6.45, 7) is 3.46. The SMILES string of the molecule is CC(=O)OC[C@H]1OC[C@H](OC(C)=O)[C@@H](OC(=S)n2ccnc2)[C@H]1OC(C)=O. The molecule has 0 amide bonds. The van der Waals surface area contributed by atoms with E-state index in [0.29, 0.717) is 0 Å². The Morgan fingerprint density at radius 2 is 1.81 bits per heavy atom. The van der Waals surface area contributed by atoms with Crippen LogP contribution in [0.15, 0.2) is 18.7 Å². The average molecular weight is 400 g/mol. The standard InChI is InChI=1S/C16H20N2O8S/c1-9(19)22-6-12-14(25-11(3)21)15(13(7-23-12)24-10(2)20)26-16(27)18-5-4-17-8-18/h4-5,8,12-15H,6-7H2,1-3H3/t12-,13+,14+,15-/m1/s1. The Bertz CT molecular complexity index is 693. The molecule has 1 aliphatic rings. The van der Waals surface area contributed by atoms with Gasteiger partial charge in [0.05, 0.1) is 6.61 Å². The average Bonchev–Trinajstić information content (AvgIpc) is 3.10. The summed E-state index contributed by atoms with van der Waals surface area (Å²) < 4.78 is 28.3. The fourth-order valence-electron chi connectivity index (χ4n) is 2.51. The Morgan fingerprint density at radius 1 is 1.11 bits per heavy atom. The molecule has 0 unspecified atom stereocenters. The van der Waals surface area contributed by atoms with Crippen LogP contribution in [0.25, 0.3) is 0 Å². The van der Waals surface area contributed by atoms with E-state index in [1.165, 1.54) is 37.9 Å². The molecular weight excluding hydrogens is 380 g/mol. The van der Waals surface area contributed by atoms with Gasteiger partial charge in [0.1, 0.15) is 19.0 Å². The second kappa shape index (κ2) is 9.42. The monoisotopic (exact) mass is 400 g/mol. The lowest BCUT2D eigenvalue weighted by molar-refractivity contribution is -0.219. The maximum atomic E-state index is 11.6. The number of imidazole rings is 1. The quantitative estimate of drug-likeness (QED) is 0.386. The van der Waals surface area contributed by atoms with Gasteiger partial charge in [-0.3, -0.25) is 19.0 Å². The van der Waals surface area contributed by atoms with Gasteiger partial charge in [-0.05, 0) is 12.2 Å². The van der Waals surface area contributed by atoms with Crippen LogP contribution in [0.1, 0.15) is 20.8 Å². The number of ether oxygens (including phenoxy) is 5. The highest BCUT2D eigenvalue weighted by molar-refractivity contribution is 7.80. The molecule has 0 saturated carbocycles. The minimum Gasteiger partial charge on any atom is -0.463 e. The van der Waals surface area contributed by atoms with E-state index in [4.69, 9.17) is 35.9 Å². The van der Waals surface area contributed by atoms with Gasteiger partial charge in [-0.2, -0.15) is 0 Å². The van der Waals surface area contributed by atoms with Crippen molar-refractivity contribution in [3.05, 3.63) is 18.7 Å². The first kappa shape index (κ1) is 20.8. The molecule has 27 heavy (non-hydrogen) atoms. The lowest BCUT2D eigenvalue weighted by atomic mass is 9.99. The number of hydrogen-bond acceptors (Lipinski definition) is 10. The molecule has 0 spiro atoms. The van der Waals surface area contributed by atoms with Gasteiger partial charge in [0.15, 0.2) is 18.3 Å². The van der Waals surface area contributed by atoms with Gasteiger partial charge >= 0.3 is 17.9 Å². The van der Waals surface area contributed by atoms with Gasteiger partial charge in [0, 0.05) is 33.2 Å². The largest absolute Gasteiger partial charge is 0.463 e. The molecule has 0 aromatic carbocycles.